The van der Waals surface area contributed by atoms with E-state index in [2.05, 4.69) is 11.8 Å². The minimum Gasteiger partial charge on any atom is -0.427 e. The average molecular weight is 256 g/mol. The highest BCUT2D eigenvalue weighted by molar-refractivity contribution is 6.40. The van der Waals surface area contributed by atoms with E-state index in [1.165, 1.54) is 25.9 Å². The van der Waals surface area contributed by atoms with Crippen molar-refractivity contribution in [3.63, 3.8) is 0 Å². The molecule has 4 nitrogen and oxygen atoms in total. The van der Waals surface area contributed by atoms with Gasteiger partial charge in [0.2, 0.25) is 0 Å². The summed E-state index contributed by atoms with van der Waals surface area (Å²) in [6.45, 7) is 5.74. The minimum absolute atomic E-state index is 0.0665. The van der Waals surface area contributed by atoms with Crippen LogP contribution in [0.1, 0.15) is 51.9 Å². The summed E-state index contributed by atoms with van der Waals surface area (Å²) in [5.41, 5.74) is 6.37. The molecule has 1 fully saturated rings. The molecule has 0 aromatic carbocycles. The van der Waals surface area contributed by atoms with E-state index in [0.29, 0.717) is 6.32 Å². The molecule has 0 spiro atoms. The van der Waals surface area contributed by atoms with Gasteiger partial charge in [-0.1, -0.05) is 19.8 Å². The van der Waals surface area contributed by atoms with Crippen LogP contribution < -0.4 is 5.73 Å². The molecule has 1 unspecified atom stereocenters. The van der Waals surface area contributed by atoms with Crippen molar-refractivity contribution < 1.29 is 10.0 Å². The van der Waals surface area contributed by atoms with Gasteiger partial charge in [0.25, 0.3) is 0 Å². The lowest BCUT2D eigenvalue weighted by molar-refractivity contribution is 0.260. The summed E-state index contributed by atoms with van der Waals surface area (Å²) in [5.74, 6) is 0. The quantitative estimate of drug-likeness (QED) is 0.428. The molecule has 18 heavy (non-hydrogen) atoms. The van der Waals surface area contributed by atoms with Gasteiger partial charge >= 0.3 is 7.12 Å². The standard InChI is InChI=1S/C13H29BN2O2/c1-2-13(15,7-3-4-9-14(17)18)8-12-16-10-5-6-11-16/h17-18H,2-12,15H2,1H3. The summed E-state index contributed by atoms with van der Waals surface area (Å²) < 4.78 is 0. The Hall–Kier alpha value is -0.0951. The van der Waals surface area contributed by atoms with Gasteiger partial charge in [-0.3, -0.25) is 0 Å². The van der Waals surface area contributed by atoms with E-state index in [4.69, 9.17) is 15.8 Å². The lowest BCUT2D eigenvalue weighted by atomic mass is 9.81. The first-order valence-electron chi connectivity index (χ1n) is 7.43. The summed E-state index contributed by atoms with van der Waals surface area (Å²) in [5, 5.41) is 17.6. The maximum Gasteiger partial charge on any atom is 0.451 e. The highest BCUT2D eigenvalue weighted by atomic mass is 16.4. The van der Waals surface area contributed by atoms with Crippen molar-refractivity contribution in [2.75, 3.05) is 19.6 Å². The van der Waals surface area contributed by atoms with E-state index in [1.54, 1.807) is 0 Å². The van der Waals surface area contributed by atoms with Crippen molar-refractivity contribution in [1.82, 2.24) is 4.90 Å². The second kappa shape index (κ2) is 8.15. The number of hydrogen-bond acceptors (Lipinski definition) is 4. The van der Waals surface area contributed by atoms with Crippen molar-refractivity contribution in [2.45, 2.75) is 63.7 Å². The maximum atomic E-state index is 8.80. The molecular weight excluding hydrogens is 227 g/mol. The first kappa shape index (κ1) is 16.0. The highest BCUT2D eigenvalue weighted by Crippen LogP contribution is 2.22. The van der Waals surface area contributed by atoms with Gasteiger partial charge in [0.15, 0.2) is 0 Å². The largest absolute Gasteiger partial charge is 0.451 e. The van der Waals surface area contributed by atoms with Gasteiger partial charge in [-0.25, -0.2) is 0 Å². The molecule has 1 aliphatic rings. The van der Waals surface area contributed by atoms with Gasteiger partial charge in [0.05, 0.1) is 0 Å². The van der Waals surface area contributed by atoms with Gasteiger partial charge in [0, 0.05) is 5.54 Å². The lowest BCUT2D eigenvalue weighted by Crippen LogP contribution is -2.42. The third-order valence-electron chi connectivity index (χ3n) is 4.22. The first-order chi connectivity index (χ1) is 8.56. The fourth-order valence-corrected chi connectivity index (χ4v) is 2.67. The molecule has 1 saturated heterocycles. The molecule has 0 saturated carbocycles. The second-order valence-electron chi connectivity index (χ2n) is 5.74. The Morgan fingerprint density at radius 3 is 2.39 bits per heavy atom. The summed E-state index contributed by atoms with van der Waals surface area (Å²) in [6.07, 6.45) is 8.02. The van der Waals surface area contributed by atoms with Crippen LogP contribution in [-0.4, -0.2) is 47.2 Å². The Labute approximate surface area is 112 Å². The van der Waals surface area contributed by atoms with Gasteiger partial charge in [-0.05, 0) is 58.1 Å². The summed E-state index contributed by atoms with van der Waals surface area (Å²) in [7, 11) is -1.16. The average Bonchev–Trinajstić information content (AvgIpc) is 2.85. The van der Waals surface area contributed by atoms with E-state index in [-0.39, 0.29) is 5.54 Å². The van der Waals surface area contributed by atoms with Gasteiger partial charge < -0.3 is 20.7 Å². The van der Waals surface area contributed by atoms with Crippen LogP contribution in [0.25, 0.3) is 0 Å². The zero-order valence-electron chi connectivity index (χ0n) is 11.8. The molecule has 4 N–H and O–H groups in total. The van der Waals surface area contributed by atoms with Crippen molar-refractivity contribution in [3.8, 4) is 0 Å². The Bertz CT molecular complexity index is 223. The Morgan fingerprint density at radius 2 is 1.83 bits per heavy atom. The van der Waals surface area contributed by atoms with Crippen molar-refractivity contribution in [1.29, 1.82) is 0 Å². The molecule has 0 aromatic rings. The molecule has 0 aliphatic carbocycles. The fourth-order valence-electron chi connectivity index (χ4n) is 2.67. The van der Waals surface area contributed by atoms with Crippen LogP contribution in [0.15, 0.2) is 0 Å². The topological polar surface area (TPSA) is 69.7 Å². The van der Waals surface area contributed by atoms with E-state index in [1.807, 2.05) is 0 Å². The first-order valence-corrected chi connectivity index (χ1v) is 7.43. The van der Waals surface area contributed by atoms with E-state index >= 15 is 0 Å². The van der Waals surface area contributed by atoms with Crippen LogP contribution in [0, 0.1) is 0 Å². The van der Waals surface area contributed by atoms with E-state index < -0.39 is 7.12 Å². The lowest BCUT2D eigenvalue weighted by Gasteiger charge is -2.30. The van der Waals surface area contributed by atoms with E-state index in [0.717, 1.165) is 38.6 Å². The summed E-state index contributed by atoms with van der Waals surface area (Å²) in [6, 6.07) is 0. The Kier molecular flexibility index (Phi) is 7.23. The highest BCUT2D eigenvalue weighted by Gasteiger charge is 2.24. The number of rotatable bonds is 9. The van der Waals surface area contributed by atoms with Crippen LogP contribution in [0.4, 0.5) is 0 Å². The molecule has 1 heterocycles. The monoisotopic (exact) mass is 256 g/mol. The normalized spacial score (nSPS) is 20.0. The number of unbranched alkanes of at least 4 members (excludes halogenated alkanes) is 1. The van der Waals surface area contributed by atoms with Crippen LogP contribution in [0.2, 0.25) is 6.32 Å². The molecule has 0 bridgehead atoms. The molecular formula is C13H29BN2O2. The predicted molar refractivity (Wildman–Crippen MR) is 76.4 cm³/mol. The molecule has 1 atom stereocenters. The molecule has 0 amide bonds. The summed E-state index contributed by atoms with van der Waals surface area (Å²) in [4.78, 5) is 2.51. The molecule has 5 heteroatoms. The van der Waals surface area contributed by atoms with E-state index in [9.17, 15) is 0 Å². The smallest absolute Gasteiger partial charge is 0.427 e. The number of nitrogens with two attached hydrogens (primary N) is 1. The number of nitrogens with zero attached hydrogens (tertiary/aromatic N) is 1. The third-order valence-corrected chi connectivity index (χ3v) is 4.22. The van der Waals surface area contributed by atoms with Crippen LogP contribution in [0.3, 0.4) is 0 Å². The van der Waals surface area contributed by atoms with Crippen molar-refractivity contribution in [3.05, 3.63) is 0 Å². The van der Waals surface area contributed by atoms with Gasteiger partial charge in [-0.2, -0.15) is 0 Å². The van der Waals surface area contributed by atoms with Crippen LogP contribution in [-0.2, 0) is 0 Å². The van der Waals surface area contributed by atoms with Crippen molar-refractivity contribution >= 4 is 7.12 Å². The molecule has 106 valence electrons. The van der Waals surface area contributed by atoms with Crippen LogP contribution >= 0.6 is 0 Å². The molecule has 1 aliphatic heterocycles. The van der Waals surface area contributed by atoms with Crippen LogP contribution in [0.5, 0.6) is 0 Å². The third kappa shape index (κ3) is 6.18. The Morgan fingerprint density at radius 1 is 1.17 bits per heavy atom. The SMILES string of the molecule is CCC(N)(CCCCB(O)O)CCN1CCCC1. The van der Waals surface area contributed by atoms with Crippen molar-refractivity contribution in [2.24, 2.45) is 5.73 Å². The number of likely N-dealkylation sites (tertiary alicyclic amines) is 1. The molecule has 0 radical (unpaired) electrons. The summed E-state index contributed by atoms with van der Waals surface area (Å²) >= 11 is 0. The maximum absolute atomic E-state index is 8.80. The Balaban J connectivity index is 2.18. The zero-order chi connectivity index (χ0) is 13.4. The minimum atomic E-state index is -1.16. The fraction of sp³-hybridized carbons (Fsp3) is 1.00. The molecule has 0 aromatic heterocycles. The zero-order valence-corrected chi connectivity index (χ0v) is 11.8. The molecule has 1 rings (SSSR count). The second-order valence-corrected chi connectivity index (χ2v) is 5.74. The van der Waals surface area contributed by atoms with Gasteiger partial charge in [0.1, 0.15) is 0 Å². The number of hydrogen-bond donors (Lipinski definition) is 3. The van der Waals surface area contributed by atoms with Gasteiger partial charge in [-0.15, -0.1) is 0 Å². The predicted octanol–water partition coefficient (Wildman–Crippen LogP) is 1.22.